The van der Waals surface area contributed by atoms with Crippen LogP contribution in [0.15, 0.2) is 0 Å². The quantitative estimate of drug-likeness (QED) is 0.170. The fraction of sp³-hybridized carbons (Fsp3) is 0.958. The van der Waals surface area contributed by atoms with Crippen molar-refractivity contribution in [1.82, 2.24) is 0 Å². The molecule has 0 fully saturated rings. The molecule has 0 aliphatic carbocycles. The molecule has 0 radical (unpaired) electrons. The van der Waals surface area contributed by atoms with Gasteiger partial charge >= 0.3 is 5.97 Å². The summed E-state index contributed by atoms with van der Waals surface area (Å²) in [7, 11) is 0. The molecular weight excluding hydrogens is 320 g/mol. The van der Waals surface area contributed by atoms with Gasteiger partial charge in [-0.25, -0.2) is 0 Å². The number of carbonyl (C=O) groups excluding carboxylic acids is 1. The molecule has 0 aromatic carbocycles. The molecule has 0 rings (SSSR count). The minimum atomic E-state index is 0.0125. The van der Waals surface area contributed by atoms with Gasteiger partial charge in [-0.15, -0.1) is 0 Å². The van der Waals surface area contributed by atoms with Crippen molar-refractivity contribution in [1.29, 1.82) is 0 Å². The van der Waals surface area contributed by atoms with Gasteiger partial charge in [-0.1, -0.05) is 111 Å². The molecule has 0 aromatic rings. The molecule has 26 heavy (non-hydrogen) atoms. The lowest BCUT2D eigenvalue weighted by atomic mass is 10.0. The normalized spacial score (nSPS) is 11.5. The van der Waals surface area contributed by atoms with Crippen LogP contribution in [0, 0.1) is 11.8 Å². The van der Waals surface area contributed by atoms with E-state index in [1.165, 1.54) is 83.5 Å². The van der Waals surface area contributed by atoms with E-state index in [0.29, 0.717) is 13.0 Å². The predicted molar refractivity (Wildman–Crippen MR) is 115 cm³/mol. The van der Waals surface area contributed by atoms with Crippen LogP contribution in [0.3, 0.4) is 0 Å². The first kappa shape index (κ1) is 25.5. The molecule has 0 atom stereocenters. The van der Waals surface area contributed by atoms with Crippen LogP contribution in [0.2, 0.25) is 0 Å². The van der Waals surface area contributed by atoms with Crippen LogP contribution in [-0.2, 0) is 9.53 Å². The number of ether oxygens (including phenoxy) is 1. The van der Waals surface area contributed by atoms with Crippen LogP contribution in [0.1, 0.15) is 130 Å². The Balaban J connectivity index is 3.18. The Morgan fingerprint density at radius 3 is 1.42 bits per heavy atom. The minimum Gasteiger partial charge on any atom is -0.466 e. The van der Waals surface area contributed by atoms with Crippen LogP contribution < -0.4 is 0 Å². The van der Waals surface area contributed by atoms with Crippen molar-refractivity contribution < 1.29 is 9.53 Å². The third-order valence-corrected chi connectivity index (χ3v) is 5.10. The summed E-state index contributed by atoms with van der Waals surface area (Å²) in [6, 6.07) is 0. The fourth-order valence-electron chi connectivity index (χ4n) is 3.33. The Labute approximate surface area is 164 Å². The molecule has 0 saturated carbocycles. The van der Waals surface area contributed by atoms with Gasteiger partial charge in [0.1, 0.15) is 0 Å². The molecule has 0 bridgehead atoms. The maximum absolute atomic E-state index is 11.7. The second kappa shape index (κ2) is 19.2. The lowest BCUT2D eigenvalue weighted by molar-refractivity contribution is -0.143. The van der Waals surface area contributed by atoms with E-state index in [-0.39, 0.29) is 5.97 Å². The first-order chi connectivity index (χ1) is 12.5. The lowest BCUT2D eigenvalue weighted by Gasteiger charge is -2.06. The largest absolute Gasteiger partial charge is 0.466 e. The standard InChI is InChI=1S/C24H48O2/c1-22(2)18-14-10-7-5-6-8-12-16-20-24(25)26-21-17-13-9-11-15-19-23(3)4/h22-23H,5-21H2,1-4H3. The van der Waals surface area contributed by atoms with Crippen LogP contribution in [0.5, 0.6) is 0 Å². The molecule has 0 aliphatic heterocycles. The average molecular weight is 369 g/mol. The number of hydrogen-bond donors (Lipinski definition) is 0. The molecule has 0 spiro atoms. The van der Waals surface area contributed by atoms with Gasteiger partial charge in [-0.05, 0) is 24.7 Å². The van der Waals surface area contributed by atoms with Crippen molar-refractivity contribution in [3.8, 4) is 0 Å². The van der Waals surface area contributed by atoms with Crippen LogP contribution in [-0.4, -0.2) is 12.6 Å². The van der Waals surface area contributed by atoms with E-state index in [9.17, 15) is 4.79 Å². The molecular formula is C24H48O2. The monoisotopic (exact) mass is 368 g/mol. The highest BCUT2D eigenvalue weighted by atomic mass is 16.5. The molecule has 0 aliphatic rings. The molecule has 0 saturated heterocycles. The summed E-state index contributed by atoms with van der Waals surface area (Å²) < 4.78 is 5.34. The van der Waals surface area contributed by atoms with Gasteiger partial charge in [0.25, 0.3) is 0 Å². The summed E-state index contributed by atoms with van der Waals surface area (Å²) >= 11 is 0. The van der Waals surface area contributed by atoms with Crippen molar-refractivity contribution in [2.24, 2.45) is 11.8 Å². The van der Waals surface area contributed by atoms with Crippen molar-refractivity contribution in [2.75, 3.05) is 6.61 Å². The van der Waals surface area contributed by atoms with E-state index in [0.717, 1.165) is 24.7 Å². The van der Waals surface area contributed by atoms with Crippen molar-refractivity contribution in [2.45, 2.75) is 130 Å². The minimum absolute atomic E-state index is 0.0125. The van der Waals surface area contributed by atoms with Gasteiger partial charge < -0.3 is 4.74 Å². The zero-order valence-corrected chi connectivity index (χ0v) is 18.5. The van der Waals surface area contributed by atoms with Crippen LogP contribution in [0.25, 0.3) is 0 Å². The van der Waals surface area contributed by atoms with E-state index < -0.39 is 0 Å². The lowest BCUT2D eigenvalue weighted by Crippen LogP contribution is -2.05. The molecule has 2 nitrogen and oxygen atoms in total. The van der Waals surface area contributed by atoms with Gasteiger partial charge in [0.15, 0.2) is 0 Å². The number of unbranched alkanes of at least 4 members (excludes halogenated alkanes) is 11. The number of hydrogen-bond acceptors (Lipinski definition) is 2. The van der Waals surface area contributed by atoms with Crippen molar-refractivity contribution in [3.63, 3.8) is 0 Å². The van der Waals surface area contributed by atoms with E-state index in [4.69, 9.17) is 4.74 Å². The third kappa shape index (κ3) is 21.5. The average Bonchev–Trinajstić information content (AvgIpc) is 2.58. The Morgan fingerprint density at radius 2 is 0.962 bits per heavy atom. The van der Waals surface area contributed by atoms with Crippen molar-refractivity contribution in [3.05, 3.63) is 0 Å². The molecule has 156 valence electrons. The molecule has 0 aromatic heterocycles. The Morgan fingerprint density at radius 1 is 0.577 bits per heavy atom. The van der Waals surface area contributed by atoms with E-state index in [1.807, 2.05) is 0 Å². The zero-order valence-electron chi connectivity index (χ0n) is 18.5. The zero-order chi connectivity index (χ0) is 19.5. The van der Waals surface area contributed by atoms with Gasteiger partial charge in [-0.2, -0.15) is 0 Å². The summed E-state index contributed by atoms with van der Waals surface area (Å²) in [5, 5.41) is 0. The van der Waals surface area contributed by atoms with E-state index in [2.05, 4.69) is 27.7 Å². The summed E-state index contributed by atoms with van der Waals surface area (Å²) in [5.74, 6) is 1.69. The summed E-state index contributed by atoms with van der Waals surface area (Å²) in [6.07, 6.45) is 19.8. The second-order valence-corrected chi connectivity index (χ2v) is 8.93. The highest BCUT2D eigenvalue weighted by Crippen LogP contribution is 2.13. The Kier molecular flexibility index (Phi) is 18.8. The molecule has 0 N–H and O–H groups in total. The maximum Gasteiger partial charge on any atom is 0.305 e. The SMILES string of the molecule is CC(C)CCCCCCCCCCC(=O)OCCCCCCCC(C)C. The van der Waals surface area contributed by atoms with Gasteiger partial charge in [0.2, 0.25) is 0 Å². The van der Waals surface area contributed by atoms with E-state index >= 15 is 0 Å². The number of carbonyl (C=O) groups is 1. The van der Waals surface area contributed by atoms with Crippen molar-refractivity contribution >= 4 is 5.97 Å². The van der Waals surface area contributed by atoms with Gasteiger partial charge in [0, 0.05) is 6.42 Å². The topological polar surface area (TPSA) is 26.3 Å². The van der Waals surface area contributed by atoms with Gasteiger partial charge in [-0.3, -0.25) is 4.79 Å². The van der Waals surface area contributed by atoms with Gasteiger partial charge in [0.05, 0.1) is 6.61 Å². The number of rotatable bonds is 19. The summed E-state index contributed by atoms with van der Waals surface area (Å²) in [5.41, 5.74) is 0. The maximum atomic E-state index is 11.7. The highest BCUT2D eigenvalue weighted by Gasteiger charge is 2.02. The first-order valence-electron chi connectivity index (χ1n) is 11.7. The summed E-state index contributed by atoms with van der Waals surface area (Å²) in [4.78, 5) is 11.7. The molecule has 0 unspecified atom stereocenters. The second-order valence-electron chi connectivity index (χ2n) is 8.93. The Hall–Kier alpha value is -0.530. The summed E-state index contributed by atoms with van der Waals surface area (Å²) in [6.45, 7) is 9.81. The molecule has 0 amide bonds. The Bertz CT molecular complexity index is 297. The first-order valence-corrected chi connectivity index (χ1v) is 11.7. The third-order valence-electron chi connectivity index (χ3n) is 5.10. The van der Waals surface area contributed by atoms with Crippen LogP contribution in [0.4, 0.5) is 0 Å². The smallest absolute Gasteiger partial charge is 0.305 e. The van der Waals surface area contributed by atoms with Crippen LogP contribution >= 0.6 is 0 Å². The number of esters is 1. The molecule has 0 heterocycles. The van der Waals surface area contributed by atoms with E-state index in [1.54, 1.807) is 0 Å². The highest BCUT2D eigenvalue weighted by molar-refractivity contribution is 5.69. The molecule has 2 heteroatoms. The predicted octanol–water partition coefficient (Wildman–Crippen LogP) is 8.08. The fourth-order valence-corrected chi connectivity index (χ4v) is 3.33.